The van der Waals surface area contributed by atoms with Crippen molar-refractivity contribution < 1.29 is 9.53 Å². The molecule has 0 bridgehead atoms. The number of hydrogen-bond donors (Lipinski definition) is 1. The van der Waals surface area contributed by atoms with Gasteiger partial charge in [-0.15, -0.1) is 0 Å². The van der Waals surface area contributed by atoms with Crippen LogP contribution in [0.4, 0.5) is 0 Å². The van der Waals surface area contributed by atoms with Crippen molar-refractivity contribution in [2.24, 2.45) is 10.8 Å². The first-order chi connectivity index (χ1) is 15.6. The molecule has 0 aliphatic carbocycles. The summed E-state index contributed by atoms with van der Waals surface area (Å²) >= 11 is 0. The highest BCUT2D eigenvalue weighted by Gasteiger charge is 2.25. The monoisotopic (exact) mass is 432 g/mol. The Morgan fingerprint density at radius 3 is 2.69 bits per heavy atom. The minimum atomic E-state index is -0.351. The predicted octanol–water partition coefficient (Wildman–Crippen LogP) is 4.32. The number of rotatable bonds is 10. The molecule has 0 aromatic heterocycles. The summed E-state index contributed by atoms with van der Waals surface area (Å²) in [6.45, 7) is 6.33. The van der Waals surface area contributed by atoms with Crippen molar-refractivity contribution in [1.29, 1.82) is 0 Å². The fourth-order valence-corrected chi connectivity index (χ4v) is 4.01. The second kappa shape index (κ2) is 12.0. The molecule has 32 heavy (non-hydrogen) atoms. The molecule has 1 fully saturated rings. The van der Waals surface area contributed by atoms with Crippen molar-refractivity contribution in [3.63, 3.8) is 0 Å². The molecule has 1 aliphatic rings. The van der Waals surface area contributed by atoms with Crippen LogP contribution in [0.1, 0.15) is 42.0 Å². The molecule has 0 spiro atoms. The summed E-state index contributed by atoms with van der Waals surface area (Å²) in [5.41, 5.74) is 4.31. The largest absolute Gasteiger partial charge is 0.466 e. The molecule has 168 valence electrons. The average molecular weight is 433 g/mol. The van der Waals surface area contributed by atoms with Crippen molar-refractivity contribution in [2.75, 3.05) is 20.2 Å². The van der Waals surface area contributed by atoms with Crippen LogP contribution in [-0.4, -0.2) is 42.8 Å². The van der Waals surface area contributed by atoms with Gasteiger partial charge in [-0.1, -0.05) is 54.6 Å². The van der Waals surface area contributed by atoms with Crippen LogP contribution in [0.25, 0.3) is 6.08 Å². The number of carbonyl (C=O) groups excluding carboxylic acids is 1. The van der Waals surface area contributed by atoms with Crippen LogP contribution in [-0.2, 0) is 16.1 Å². The third-order valence-electron chi connectivity index (χ3n) is 5.68. The van der Waals surface area contributed by atoms with Gasteiger partial charge in [0.2, 0.25) is 0 Å². The fraction of sp³-hybridized carbons (Fsp3) is 0.308. The number of methoxy groups -OCH3 is 1. The van der Waals surface area contributed by atoms with E-state index in [1.807, 2.05) is 36.5 Å². The van der Waals surface area contributed by atoms with Crippen LogP contribution < -0.4 is 5.84 Å². The molecule has 0 saturated carbocycles. The topological polar surface area (TPSA) is 71.2 Å². The van der Waals surface area contributed by atoms with Gasteiger partial charge < -0.3 is 9.75 Å². The Balaban J connectivity index is 1.57. The number of carbonyl (C=O) groups is 1. The van der Waals surface area contributed by atoms with E-state index in [0.717, 1.165) is 42.8 Å². The zero-order chi connectivity index (χ0) is 22.8. The quantitative estimate of drug-likeness (QED) is 0.199. The van der Waals surface area contributed by atoms with E-state index in [-0.39, 0.29) is 5.97 Å². The molecular weight excluding hydrogens is 400 g/mol. The molecule has 2 aromatic rings. The number of hydrogen-bond acceptors (Lipinski definition) is 6. The lowest BCUT2D eigenvalue weighted by Crippen LogP contribution is -2.26. The molecule has 1 saturated heterocycles. The fourth-order valence-electron chi connectivity index (χ4n) is 4.01. The van der Waals surface area contributed by atoms with E-state index in [4.69, 9.17) is 5.84 Å². The Labute approximate surface area is 190 Å². The maximum atomic E-state index is 11.3. The zero-order valence-corrected chi connectivity index (χ0v) is 18.7. The van der Waals surface area contributed by atoms with E-state index in [2.05, 4.69) is 45.6 Å². The molecular formula is C26H32N4O2. The number of likely N-dealkylation sites (tertiary alicyclic amines) is 1. The molecule has 1 unspecified atom stereocenters. The predicted molar refractivity (Wildman–Crippen MR) is 129 cm³/mol. The van der Waals surface area contributed by atoms with Crippen molar-refractivity contribution >= 4 is 18.8 Å². The number of ether oxygens (including phenoxy) is 1. The number of esters is 1. The number of aliphatic imine (C=N–C) groups is 1. The van der Waals surface area contributed by atoms with Crippen LogP contribution in [0.3, 0.4) is 0 Å². The third-order valence-corrected chi connectivity index (χ3v) is 5.68. The lowest BCUT2D eigenvalue weighted by molar-refractivity contribution is -0.134. The second-order valence-electron chi connectivity index (χ2n) is 7.90. The summed E-state index contributed by atoms with van der Waals surface area (Å²) in [7, 11) is 1.38. The lowest BCUT2D eigenvalue weighted by atomic mass is 10.0. The van der Waals surface area contributed by atoms with E-state index in [1.54, 1.807) is 11.1 Å². The molecule has 1 atom stereocenters. The van der Waals surface area contributed by atoms with Gasteiger partial charge in [0.25, 0.3) is 0 Å². The summed E-state index contributed by atoms with van der Waals surface area (Å²) in [5.74, 6) is 5.82. The van der Waals surface area contributed by atoms with Gasteiger partial charge in [0.05, 0.1) is 19.4 Å². The summed E-state index contributed by atoms with van der Waals surface area (Å²) in [6, 6.07) is 18.9. The van der Waals surface area contributed by atoms with Gasteiger partial charge in [-0.2, -0.15) is 0 Å². The normalized spacial score (nSPS) is 16.9. The van der Waals surface area contributed by atoms with Crippen LogP contribution in [0.2, 0.25) is 0 Å². The van der Waals surface area contributed by atoms with Crippen molar-refractivity contribution in [1.82, 2.24) is 9.91 Å². The second-order valence-corrected chi connectivity index (χ2v) is 7.90. The SMILES string of the molecule is C=N/C(=C\N(N)Cc1ccccc1)CCN1CCCC1c1ccc(/C=C/C(=O)OC)cc1. The third kappa shape index (κ3) is 6.90. The molecule has 2 aromatic carbocycles. The molecule has 1 aliphatic heterocycles. The van der Waals surface area contributed by atoms with Gasteiger partial charge >= 0.3 is 5.97 Å². The van der Waals surface area contributed by atoms with Crippen LogP contribution >= 0.6 is 0 Å². The lowest BCUT2D eigenvalue weighted by Gasteiger charge is -2.25. The highest BCUT2D eigenvalue weighted by Crippen LogP contribution is 2.32. The first-order valence-corrected chi connectivity index (χ1v) is 10.9. The van der Waals surface area contributed by atoms with Crippen molar-refractivity contribution in [3.05, 3.63) is 89.3 Å². The van der Waals surface area contributed by atoms with E-state index in [9.17, 15) is 4.79 Å². The molecule has 3 rings (SSSR count). The summed E-state index contributed by atoms with van der Waals surface area (Å²) < 4.78 is 4.64. The smallest absolute Gasteiger partial charge is 0.330 e. The molecule has 0 radical (unpaired) electrons. The Hall–Kier alpha value is -3.22. The summed E-state index contributed by atoms with van der Waals surface area (Å²) in [4.78, 5) is 18.0. The van der Waals surface area contributed by atoms with Gasteiger partial charge in [-0.05, 0) is 48.9 Å². The number of hydrazine groups is 1. The molecule has 6 nitrogen and oxygen atoms in total. The minimum absolute atomic E-state index is 0.351. The first kappa shape index (κ1) is 23.4. The van der Waals surface area contributed by atoms with Crippen molar-refractivity contribution in [2.45, 2.75) is 31.8 Å². The molecule has 2 N–H and O–H groups in total. The van der Waals surface area contributed by atoms with Gasteiger partial charge in [0.1, 0.15) is 0 Å². The number of nitrogens with two attached hydrogens (primary N) is 1. The van der Waals surface area contributed by atoms with Gasteiger partial charge in [0, 0.05) is 31.3 Å². The van der Waals surface area contributed by atoms with E-state index >= 15 is 0 Å². The number of nitrogens with zero attached hydrogens (tertiary/aromatic N) is 3. The van der Waals surface area contributed by atoms with Crippen molar-refractivity contribution in [3.8, 4) is 0 Å². The summed E-state index contributed by atoms with van der Waals surface area (Å²) in [6.07, 6.45) is 8.19. The molecule has 0 amide bonds. The van der Waals surface area contributed by atoms with Crippen LogP contribution in [0.15, 0.2) is 77.6 Å². The van der Waals surface area contributed by atoms with Crippen LogP contribution in [0, 0.1) is 0 Å². The van der Waals surface area contributed by atoms with Crippen LogP contribution in [0.5, 0.6) is 0 Å². The molecule has 6 heteroatoms. The van der Waals surface area contributed by atoms with E-state index < -0.39 is 0 Å². The standard InChI is InChI=1S/C26H32N4O2/c1-28-24(20-30(27)19-22-7-4-3-5-8-22)16-18-29-17-6-9-25(29)23-13-10-21(11-14-23)12-15-26(31)32-2/h3-5,7-8,10-15,20,25H,1,6,9,16-19,27H2,2H3/b15-12+,24-20-. The van der Waals surface area contributed by atoms with Gasteiger partial charge in [0.15, 0.2) is 0 Å². The zero-order valence-electron chi connectivity index (χ0n) is 18.7. The van der Waals surface area contributed by atoms with E-state index in [1.165, 1.54) is 25.2 Å². The number of benzene rings is 2. The minimum Gasteiger partial charge on any atom is -0.466 e. The molecule has 1 heterocycles. The maximum Gasteiger partial charge on any atom is 0.330 e. The van der Waals surface area contributed by atoms with E-state index in [0.29, 0.717) is 12.6 Å². The Morgan fingerprint density at radius 2 is 2.00 bits per heavy atom. The Bertz CT molecular complexity index is 938. The van der Waals surface area contributed by atoms with Gasteiger partial charge in [-0.25, -0.2) is 10.6 Å². The summed E-state index contributed by atoms with van der Waals surface area (Å²) in [5, 5.41) is 1.67. The maximum absolute atomic E-state index is 11.3. The van der Waals surface area contributed by atoms with Gasteiger partial charge in [-0.3, -0.25) is 9.89 Å². The highest BCUT2D eigenvalue weighted by molar-refractivity contribution is 5.86. The highest BCUT2D eigenvalue weighted by atomic mass is 16.5. The Kier molecular flexibility index (Phi) is 8.78. The average Bonchev–Trinajstić information content (AvgIpc) is 3.29. The first-order valence-electron chi connectivity index (χ1n) is 10.9. The Morgan fingerprint density at radius 1 is 1.25 bits per heavy atom.